The summed E-state index contributed by atoms with van der Waals surface area (Å²) in [5.41, 5.74) is 9.26. The van der Waals surface area contributed by atoms with Crippen LogP contribution < -0.4 is 10.5 Å². The number of piperidine rings is 1. The Labute approximate surface area is 170 Å². The van der Waals surface area contributed by atoms with Crippen molar-refractivity contribution in [2.24, 2.45) is 5.73 Å². The van der Waals surface area contributed by atoms with Gasteiger partial charge in [0, 0.05) is 24.0 Å². The lowest BCUT2D eigenvalue weighted by molar-refractivity contribution is 0.149. The van der Waals surface area contributed by atoms with E-state index in [4.69, 9.17) is 20.9 Å². The molecule has 1 fully saturated rings. The molecule has 2 heterocycles. The van der Waals surface area contributed by atoms with E-state index in [2.05, 4.69) is 16.8 Å². The SMILES string of the molecule is CC1CCCCN1Cc1nc2ccc(Oc3ccc(/C(N)=C/C=N)cc3)cc2[nH]1. The van der Waals surface area contributed by atoms with E-state index in [1.165, 1.54) is 25.5 Å². The molecular weight excluding hydrogens is 362 g/mol. The zero-order valence-corrected chi connectivity index (χ0v) is 16.7. The van der Waals surface area contributed by atoms with Gasteiger partial charge in [0.05, 0.1) is 17.6 Å². The summed E-state index contributed by atoms with van der Waals surface area (Å²) in [5.74, 6) is 2.50. The molecule has 29 heavy (non-hydrogen) atoms. The molecular formula is C23H27N5O. The number of nitrogens with two attached hydrogens (primary N) is 1. The van der Waals surface area contributed by atoms with E-state index >= 15 is 0 Å². The minimum Gasteiger partial charge on any atom is -0.457 e. The van der Waals surface area contributed by atoms with Crippen molar-refractivity contribution < 1.29 is 4.74 Å². The highest BCUT2D eigenvalue weighted by Crippen LogP contribution is 2.26. The van der Waals surface area contributed by atoms with Gasteiger partial charge in [0.2, 0.25) is 0 Å². The quantitative estimate of drug-likeness (QED) is 0.534. The number of aromatic nitrogens is 2. The Hall–Kier alpha value is -3.12. The molecule has 0 bridgehead atoms. The molecule has 1 aromatic heterocycles. The summed E-state index contributed by atoms with van der Waals surface area (Å²) in [4.78, 5) is 10.7. The molecule has 2 aromatic carbocycles. The van der Waals surface area contributed by atoms with E-state index in [1.54, 1.807) is 6.08 Å². The molecule has 4 N–H and O–H groups in total. The van der Waals surface area contributed by atoms with Crippen LogP contribution in [0.5, 0.6) is 11.5 Å². The summed E-state index contributed by atoms with van der Waals surface area (Å²) >= 11 is 0. The van der Waals surface area contributed by atoms with Crippen LogP contribution in [0.15, 0.2) is 48.5 Å². The zero-order valence-electron chi connectivity index (χ0n) is 16.7. The molecule has 0 saturated carbocycles. The maximum absolute atomic E-state index is 7.11. The average Bonchev–Trinajstić information content (AvgIpc) is 3.12. The molecule has 0 radical (unpaired) electrons. The van der Waals surface area contributed by atoms with Crippen LogP contribution in [0.2, 0.25) is 0 Å². The molecule has 0 amide bonds. The number of nitrogens with one attached hydrogen (secondary N) is 2. The largest absolute Gasteiger partial charge is 0.457 e. The Morgan fingerprint density at radius 2 is 2.03 bits per heavy atom. The van der Waals surface area contributed by atoms with Crippen molar-refractivity contribution in [1.82, 2.24) is 14.9 Å². The first kappa shape index (κ1) is 19.2. The first-order valence-electron chi connectivity index (χ1n) is 10.1. The first-order valence-corrected chi connectivity index (χ1v) is 10.1. The standard InChI is InChI=1S/C23H27N5O/c1-16-4-2-3-13-28(16)15-23-26-21-10-9-19(14-22(21)27-23)29-18-7-5-17(6-8-18)20(25)11-12-24/h5-12,14,16,24H,2-4,13,15,25H2,1H3,(H,26,27)/b20-11-,24-12?. The molecule has 1 aliphatic rings. The van der Waals surface area contributed by atoms with Gasteiger partial charge in [0.25, 0.3) is 0 Å². The number of rotatable bonds is 6. The Morgan fingerprint density at radius 1 is 1.24 bits per heavy atom. The maximum Gasteiger partial charge on any atom is 0.129 e. The summed E-state index contributed by atoms with van der Waals surface area (Å²) < 4.78 is 5.99. The number of fused-ring (bicyclic) bond motifs is 1. The van der Waals surface area contributed by atoms with E-state index in [-0.39, 0.29) is 0 Å². The number of aromatic amines is 1. The second-order valence-corrected chi connectivity index (χ2v) is 7.59. The monoisotopic (exact) mass is 389 g/mol. The number of allylic oxidation sites excluding steroid dienone is 1. The van der Waals surface area contributed by atoms with E-state index in [9.17, 15) is 0 Å². The molecule has 1 aliphatic heterocycles. The lowest BCUT2D eigenvalue weighted by Gasteiger charge is -2.32. The van der Waals surface area contributed by atoms with Crippen molar-refractivity contribution >= 4 is 22.9 Å². The van der Waals surface area contributed by atoms with Crippen LogP contribution in [-0.2, 0) is 6.54 Å². The van der Waals surface area contributed by atoms with Crippen molar-refractivity contribution in [2.45, 2.75) is 38.8 Å². The molecule has 0 spiro atoms. The highest BCUT2D eigenvalue weighted by Gasteiger charge is 2.19. The molecule has 3 aromatic rings. The van der Waals surface area contributed by atoms with Crippen molar-refractivity contribution in [1.29, 1.82) is 5.41 Å². The van der Waals surface area contributed by atoms with Gasteiger partial charge in [-0.2, -0.15) is 0 Å². The van der Waals surface area contributed by atoms with E-state index in [1.807, 2.05) is 42.5 Å². The predicted molar refractivity (Wildman–Crippen MR) is 117 cm³/mol. The molecule has 6 heteroatoms. The number of nitrogens with zero attached hydrogens (tertiary/aromatic N) is 2. The second kappa shape index (κ2) is 8.49. The molecule has 1 unspecified atom stereocenters. The fourth-order valence-electron chi connectivity index (χ4n) is 3.80. The van der Waals surface area contributed by atoms with Gasteiger partial charge in [-0.1, -0.05) is 6.42 Å². The minimum absolute atomic E-state index is 0.556. The Balaban J connectivity index is 1.47. The zero-order chi connectivity index (χ0) is 20.2. The predicted octanol–water partition coefficient (Wildman–Crippen LogP) is 4.68. The number of H-pyrrole nitrogens is 1. The number of hydrogen-bond acceptors (Lipinski definition) is 5. The van der Waals surface area contributed by atoms with Gasteiger partial charge < -0.3 is 20.9 Å². The van der Waals surface area contributed by atoms with E-state index < -0.39 is 0 Å². The van der Waals surface area contributed by atoms with Crippen LogP contribution in [0.25, 0.3) is 16.7 Å². The summed E-state index contributed by atoms with van der Waals surface area (Å²) in [6.45, 7) is 4.30. The van der Waals surface area contributed by atoms with Crippen molar-refractivity contribution in [3.8, 4) is 11.5 Å². The number of likely N-dealkylation sites (tertiary alicyclic amines) is 1. The van der Waals surface area contributed by atoms with Crippen LogP contribution in [-0.4, -0.2) is 33.7 Å². The Morgan fingerprint density at radius 3 is 2.79 bits per heavy atom. The number of benzene rings is 2. The smallest absolute Gasteiger partial charge is 0.129 e. The fourth-order valence-corrected chi connectivity index (χ4v) is 3.80. The average molecular weight is 390 g/mol. The summed E-state index contributed by atoms with van der Waals surface area (Å²) in [6.07, 6.45) is 6.60. The van der Waals surface area contributed by atoms with Crippen molar-refractivity contribution in [3.63, 3.8) is 0 Å². The van der Waals surface area contributed by atoms with Gasteiger partial charge in [0.15, 0.2) is 0 Å². The van der Waals surface area contributed by atoms with Crippen LogP contribution in [0.3, 0.4) is 0 Å². The molecule has 0 aliphatic carbocycles. The molecule has 1 atom stereocenters. The fraction of sp³-hybridized carbons (Fsp3) is 0.304. The van der Waals surface area contributed by atoms with Crippen molar-refractivity contribution in [2.75, 3.05) is 6.54 Å². The molecule has 1 saturated heterocycles. The van der Waals surface area contributed by atoms with Gasteiger partial charge >= 0.3 is 0 Å². The minimum atomic E-state index is 0.556. The van der Waals surface area contributed by atoms with Crippen LogP contribution in [0.4, 0.5) is 0 Å². The third-order valence-corrected chi connectivity index (χ3v) is 5.48. The second-order valence-electron chi connectivity index (χ2n) is 7.59. The molecule has 150 valence electrons. The van der Waals surface area contributed by atoms with Crippen molar-refractivity contribution in [3.05, 3.63) is 59.9 Å². The molecule has 4 rings (SSSR count). The normalized spacial score (nSPS) is 18.1. The van der Waals surface area contributed by atoms with Gasteiger partial charge in [0.1, 0.15) is 17.3 Å². The summed E-state index contributed by atoms with van der Waals surface area (Å²) in [7, 11) is 0. The first-order chi connectivity index (χ1) is 14.1. The maximum atomic E-state index is 7.11. The van der Waals surface area contributed by atoms with Crippen LogP contribution >= 0.6 is 0 Å². The number of hydrogen-bond donors (Lipinski definition) is 3. The Bertz CT molecular complexity index is 1020. The van der Waals surface area contributed by atoms with Gasteiger partial charge in [-0.25, -0.2) is 4.98 Å². The highest BCUT2D eigenvalue weighted by atomic mass is 16.5. The third kappa shape index (κ3) is 4.49. The van der Waals surface area contributed by atoms with Crippen LogP contribution in [0.1, 0.15) is 37.6 Å². The third-order valence-electron chi connectivity index (χ3n) is 5.48. The summed E-state index contributed by atoms with van der Waals surface area (Å²) in [5, 5.41) is 7.11. The number of ether oxygens (including phenoxy) is 1. The number of imidazole rings is 1. The van der Waals surface area contributed by atoms with Gasteiger partial charge in [-0.15, -0.1) is 0 Å². The summed E-state index contributed by atoms with van der Waals surface area (Å²) in [6, 6.07) is 14.1. The van der Waals surface area contributed by atoms with Gasteiger partial charge in [-0.05, 0) is 74.3 Å². The van der Waals surface area contributed by atoms with Gasteiger partial charge in [-0.3, -0.25) is 4.90 Å². The Kier molecular flexibility index (Phi) is 5.62. The highest BCUT2D eigenvalue weighted by molar-refractivity contribution is 5.81. The lowest BCUT2D eigenvalue weighted by Crippen LogP contribution is -2.37. The lowest BCUT2D eigenvalue weighted by atomic mass is 10.0. The topological polar surface area (TPSA) is 91.0 Å². The van der Waals surface area contributed by atoms with E-state index in [0.29, 0.717) is 11.7 Å². The molecule has 6 nitrogen and oxygen atoms in total. The van der Waals surface area contributed by atoms with E-state index in [0.717, 1.165) is 47.0 Å². The van der Waals surface area contributed by atoms with Crippen LogP contribution in [0, 0.1) is 5.41 Å².